The maximum Gasteiger partial charge on any atom is 0.437 e. The van der Waals surface area contributed by atoms with Crippen LogP contribution in [0.2, 0.25) is 0 Å². The smallest absolute Gasteiger partial charge is 0.437 e. The second kappa shape index (κ2) is 15.2. The molecule has 1 aromatic carbocycles. The number of halogens is 3. The first-order chi connectivity index (χ1) is 27.3. The largest absolute Gasteiger partial charge is 0.497 e. The van der Waals surface area contributed by atoms with E-state index >= 15 is 0 Å². The number of sulfonamides is 1. The molecule has 3 N–H and O–H groups in total. The number of hydrogen-bond acceptors (Lipinski definition) is 10. The molecule has 6 atom stereocenters. The van der Waals surface area contributed by atoms with Crippen molar-refractivity contribution in [3.63, 3.8) is 0 Å². The molecule has 1 aromatic heterocycles. The summed E-state index contributed by atoms with van der Waals surface area (Å²) in [5, 5.41) is 5.86. The number of amides is 4. The van der Waals surface area contributed by atoms with E-state index in [0.29, 0.717) is 56.1 Å². The Morgan fingerprint density at radius 1 is 1.14 bits per heavy atom. The number of carbonyl (C=O) groups is 4. The van der Waals surface area contributed by atoms with E-state index < -0.39 is 91.5 Å². The molecule has 14 nitrogen and oxygen atoms in total. The number of nitrogens with one attached hydrogen (secondary N) is 3. The molecule has 7 rings (SSSR count). The lowest BCUT2D eigenvalue weighted by molar-refractivity contribution is -0.144. The molecule has 2 saturated carbocycles. The van der Waals surface area contributed by atoms with Crippen LogP contribution in [0.3, 0.4) is 0 Å². The van der Waals surface area contributed by atoms with Gasteiger partial charge in [0.2, 0.25) is 21.8 Å². The van der Waals surface area contributed by atoms with Crippen LogP contribution in [-0.2, 0) is 41.7 Å². The topological polar surface area (TPSA) is 182 Å². The van der Waals surface area contributed by atoms with Crippen LogP contribution in [0.4, 0.5) is 18.0 Å². The molecule has 316 valence electrons. The molecule has 4 heterocycles. The van der Waals surface area contributed by atoms with Crippen molar-refractivity contribution in [2.24, 2.45) is 5.92 Å². The van der Waals surface area contributed by atoms with Gasteiger partial charge < -0.3 is 29.7 Å². The summed E-state index contributed by atoms with van der Waals surface area (Å²) in [5.41, 5.74) is -4.09. The number of aryl methyl sites for hydroxylation is 1. The van der Waals surface area contributed by atoms with Gasteiger partial charge in [-0.3, -0.25) is 19.1 Å². The molecule has 2 aromatic rings. The summed E-state index contributed by atoms with van der Waals surface area (Å²) in [4.78, 5) is 61.5. The lowest BCUT2D eigenvalue weighted by atomic mass is 9.87. The van der Waals surface area contributed by atoms with Gasteiger partial charge in [-0.25, -0.2) is 18.2 Å². The Bertz CT molecular complexity index is 2140. The van der Waals surface area contributed by atoms with Gasteiger partial charge in [0.15, 0.2) is 11.4 Å². The van der Waals surface area contributed by atoms with Gasteiger partial charge in [-0.15, -0.1) is 0 Å². The van der Waals surface area contributed by atoms with Crippen molar-refractivity contribution in [3.05, 3.63) is 41.6 Å². The number of hydrogen-bond donors (Lipinski definition) is 3. The Hall–Kier alpha value is -4.61. The first kappa shape index (κ1) is 41.5. The number of pyridine rings is 1. The average Bonchev–Trinajstić information content (AvgIpc) is 4.06. The quantitative estimate of drug-likeness (QED) is 0.313. The van der Waals surface area contributed by atoms with Crippen LogP contribution in [0.25, 0.3) is 10.9 Å². The van der Waals surface area contributed by atoms with Crippen LogP contribution in [-0.4, -0.2) is 89.8 Å². The van der Waals surface area contributed by atoms with E-state index in [2.05, 4.69) is 20.3 Å². The predicted octanol–water partition coefficient (Wildman–Crippen LogP) is 5.21. The van der Waals surface area contributed by atoms with Gasteiger partial charge in [-0.2, -0.15) is 13.2 Å². The Morgan fingerprint density at radius 2 is 1.90 bits per heavy atom. The fourth-order valence-corrected chi connectivity index (χ4v) is 9.58. The number of carbonyl (C=O) groups excluding carboxylic acids is 4. The standard InChI is InChI=1S/C40H50F3N5O9S/c1-5-23(2)56-36(52)45-29-12-10-8-6-7-9-11-24-20-39(24,35(51)47-58(53,54)37(3)17-18-37)46-33(49)30-21-38(22-48(30)34(29)50)16-15-26-27-19-25(55-4)13-14-28(27)44-32(31(26)57-38)40(41,42)43/h9,11,13-14,19,23-24,29-30H,5-8,10,12,15-18,20-22H2,1-4H3,(H,45,52)(H,46,49)(H,47,51)/b11-9-/t23?,24-,29+,30+,38-,39-/m1/s1. The van der Waals surface area contributed by atoms with Crippen LogP contribution >= 0.6 is 0 Å². The van der Waals surface area contributed by atoms with Crippen molar-refractivity contribution in [3.8, 4) is 11.5 Å². The van der Waals surface area contributed by atoms with E-state index in [1.54, 1.807) is 19.1 Å². The molecular weight excluding hydrogens is 784 g/mol. The number of methoxy groups -OCH3 is 1. The van der Waals surface area contributed by atoms with Gasteiger partial charge in [0, 0.05) is 23.3 Å². The molecule has 1 saturated heterocycles. The monoisotopic (exact) mass is 833 g/mol. The number of allylic oxidation sites excluding steroid dienone is 1. The first-order valence-electron chi connectivity index (χ1n) is 19.9. The normalized spacial score (nSPS) is 29.3. The lowest BCUT2D eigenvalue weighted by Gasteiger charge is -2.37. The minimum atomic E-state index is -4.93. The van der Waals surface area contributed by atoms with Crippen molar-refractivity contribution in [1.29, 1.82) is 0 Å². The molecule has 0 radical (unpaired) electrons. The van der Waals surface area contributed by atoms with Crippen molar-refractivity contribution in [1.82, 2.24) is 25.2 Å². The Kier molecular flexibility index (Phi) is 10.9. The minimum absolute atomic E-state index is 0.0692. The zero-order chi connectivity index (χ0) is 41.8. The molecule has 4 amide bonds. The van der Waals surface area contributed by atoms with Crippen LogP contribution < -0.4 is 24.8 Å². The fourth-order valence-electron chi connectivity index (χ4n) is 8.27. The molecule has 3 aliphatic heterocycles. The highest BCUT2D eigenvalue weighted by atomic mass is 32.2. The predicted molar refractivity (Wildman–Crippen MR) is 204 cm³/mol. The summed E-state index contributed by atoms with van der Waals surface area (Å²) in [5.74, 6) is -3.06. The maximum absolute atomic E-state index is 14.7. The van der Waals surface area contributed by atoms with Gasteiger partial charge in [0.05, 0.1) is 23.9 Å². The molecule has 1 spiro atoms. The van der Waals surface area contributed by atoms with Gasteiger partial charge in [0.25, 0.3) is 5.91 Å². The zero-order valence-electron chi connectivity index (χ0n) is 33.0. The summed E-state index contributed by atoms with van der Waals surface area (Å²) in [6.45, 7) is 4.73. The van der Waals surface area contributed by atoms with Crippen molar-refractivity contribution in [2.45, 2.75) is 138 Å². The van der Waals surface area contributed by atoms with E-state index in [0.717, 1.165) is 0 Å². The van der Waals surface area contributed by atoms with Crippen LogP contribution in [0.15, 0.2) is 30.4 Å². The average molecular weight is 834 g/mol. The van der Waals surface area contributed by atoms with Gasteiger partial charge in [-0.1, -0.05) is 31.9 Å². The maximum atomic E-state index is 14.7. The van der Waals surface area contributed by atoms with Crippen molar-refractivity contribution >= 4 is 44.7 Å². The number of ether oxygens (including phenoxy) is 3. The third-order valence-electron chi connectivity index (χ3n) is 12.5. The number of fused-ring (bicyclic) bond motifs is 5. The molecule has 0 bridgehead atoms. The second-order valence-corrected chi connectivity index (χ2v) is 18.9. The highest BCUT2D eigenvalue weighted by Crippen LogP contribution is 2.50. The molecule has 5 aliphatic rings. The number of alkyl carbamates (subject to hydrolysis) is 1. The SMILES string of the molecule is CCC(C)OC(=O)N[C@H]1CCCCC/C=C\[C@@H]2C[C@@]2(C(=O)NS(=O)(=O)C2(C)CC2)NC(=O)[C@@H]2C[C@]3(CCc4c(c(C(F)(F)F)nc5ccc(OC)cc45)O3)CN2C1=O. The Balaban J connectivity index is 1.27. The van der Waals surface area contributed by atoms with Crippen LogP contribution in [0, 0.1) is 5.92 Å². The van der Waals surface area contributed by atoms with E-state index in [-0.39, 0.29) is 49.7 Å². The highest BCUT2D eigenvalue weighted by Gasteiger charge is 2.64. The van der Waals surface area contributed by atoms with E-state index in [1.165, 1.54) is 31.1 Å². The van der Waals surface area contributed by atoms with E-state index in [4.69, 9.17) is 14.2 Å². The number of nitrogens with zero attached hydrogens (tertiary/aromatic N) is 2. The number of alkyl halides is 3. The molecule has 3 fully saturated rings. The summed E-state index contributed by atoms with van der Waals surface area (Å²) in [6, 6.07) is 1.98. The lowest BCUT2D eigenvalue weighted by Crippen LogP contribution is -2.58. The van der Waals surface area contributed by atoms with Gasteiger partial charge in [-0.05, 0) is 89.8 Å². The highest BCUT2D eigenvalue weighted by molar-refractivity contribution is 7.91. The van der Waals surface area contributed by atoms with Gasteiger partial charge in [0.1, 0.15) is 35.1 Å². The molecule has 18 heteroatoms. The van der Waals surface area contributed by atoms with E-state index in [9.17, 15) is 40.8 Å². The van der Waals surface area contributed by atoms with E-state index in [1.807, 2.05) is 13.0 Å². The second-order valence-electron chi connectivity index (χ2n) is 16.7. The third kappa shape index (κ3) is 7.92. The molecule has 2 aliphatic carbocycles. The van der Waals surface area contributed by atoms with Crippen molar-refractivity contribution < 1.29 is 55.0 Å². The molecule has 58 heavy (non-hydrogen) atoms. The fraction of sp³-hybridized carbons (Fsp3) is 0.625. The molecule has 1 unspecified atom stereocenters. The Morgan fingerprint density at radius 3 is 2.59 bits per heavy atom. The van der Waals surface area contributed by atoms with Gasteiger partial charge >= 0.3 is 12.3 Å². The number of rotatable bonds is 7. The zero-order valence-corrected chi connectivity index (χ0v) is 33.8. The van der Waals surface area contributed by atoms with Crippen LogP contribution in [0.1, 0.15) is 103 Å². The summed E-state index contributed by atoms with van der Waals surface area (Å²) < 4.78 is 88.8. The minimum Gasteiger partial charge on any atom is -0.497 e. The number of aromatic nitrogens is 1. The van der Waals surface area contributed by atoms with Crippen LogP contribution in [0.5, 0.6) is 11.5 Å². The first-order valence-corrected chi connectivity index (χ1v) is 21.4. The molecular formula is C40H50F3N5O9S. The third-order valence-corrected chi connectivity index (χ3v) is 14.6. The summed E-state index contributed by atoms with van der Waals surface area (Å²) in [7, 11) is -2.66. The summed E-state index contributed by atoms with van der Waals surface area (Å²) in [6.07, 6.45) is 1.38. The Labute approximate surface area is 335 Å². The summed E-state index contributed by atoms with van der Waals surface area (Å²) >= 11 is 0. The van der Waals surface area contributed by atoms with Crippen molar-refractivity contribution in [2.75, 3.05) is 13.7 Å². The number of benzene rings is 1.